The van der Waals surface area contributed by atoms with Crippen molar-refractivity contribution in [3.05, 3.63) is 47.2 Å². The molecule has 0 radical (unpaired) electrons. The zero-order valence-corrected chi connectivity index (χ0v) is 16.3. The highest BCUT2D eigenvalue weighted by molar-refractivity contribution is 5.60. The largest absolute Gasteiger partial charge is 0.355 e. The van der Waals surface area contributed by atoms with Gasteiger partial charge >= 0.3 is 0 Å². The zero-order chi connectivity index (χ0) is 18.7. The second-order valence-corrected chi connectivity index (χ2v) is 6.96. The third-order valence-electron chi connectivity index (χ3n) is 4.44. The summed E-state index contributed by atoms with van der Waals surface area (Å²) >= 11 is 0. The number of allylic oxidation sites excluding steroid dienone is 1. The molecular weight excluding hydrogens is 324 g/mol. The van der Waals surface area contributed by atoms with Gasteiger partial charge in [-0.3, -0.25) is 0 Å². The van der Waals surface area contributed by atoms with Crippen molar-refractivity contribution in [2.45, 2.75) is 53.1 Å². The van der Waals surface area contributed by atoms with Crippen LogP contribution in [0.5, 0.6) is 0 Å². The van der Waals surface area contributed by atoms with Gasteiger partial charge in [-0.1, -0.05) is 19.4 Å². The van der Waals surface area contributed by atoms with E-state index in [1.165, 1.54) is 5.69 Å². The van der Waals surface area contributed by atoms with Crippen LogP contribution in [0.1, 0.15) is 62.7 Å². The van der Waals surface area contributed by atoms with E-state index in [0.717, 1.165) is 48.4 Å². The number of fused-ring (bicyclic) bond motifs is 1. The van der Waals surface area contributed by atoms with Crippen molar-refractivity contribution in [3.8, 4) is 0 Å². The molecule has 1 N–H and O–H groups in total. The van der Waals surface area contributed by atoms with Crippen LogP contribution in [0.3, 0.4) is 0 Å². The van der Waals surface area contributed by atoms with E-state index in [2.05, 4.69) is 71.6 Å². The average Bonchev–Trinajstić information content (AvgIpc) is 2.90. The highest BCUT2D eigenvalue weighted by Gasteiger charge is 2.22. The van der Waals surface area contributed by atoms with Crippen LogP contribution in [0.25, 0.3) is 12.2 Å². The maximum absolute atomic E-state index is 4.73. The van der Waals surface area contributed by atoms with Crippen molar-refractivity contribution >= 4 is 18.0 Å². The quantitative estimate of drug-likeness (QED) is 0.843. The van der Waals surface area contributed by atoms with Gasteiger partial charge in [-0.05, 0) is 39.3 Å². The molecule has 6 heteroatoms. The van der Waals surface area contributed by atoms with Crippen LogP contribution in [0, 0.1) is 6.92 Å². The monoisotopic (exact) mass is 352 g/mol. The van der Waals surface area contributed by atoms with Gasteiger partial charge in [0.05, 0.1) is 17.9 Å². The van der Waals surface area contributed by atoms with Crippen LogP contribution < -0.4 is 5.32 Å². The number of unbranched alkanes of at least 4 members (excludes halogenated alkanes) is 1. The summed E-state index contributed by atoms with van der Waals surface area (Å²) < 4.78 is 2.28. The maximum Gasteiger partial charge on any atom is 0.153 e. The summed E-state index contributed by atoms with van der Waals surface area (Å²) in [7, 11) is 2.06. The molecule has 138 valence electrons. The molecule has 3 heterocycles. The second kappa shape index (κ2) is 7.72. The van der Waals surface area contributed by atoms with Crippen molar-refractivity contribution in [2.75, 3.05) is 12.4 Å². The van der Waals surface area contributed by atoms with E-state index in [9.17, 15) is 0 Å². The minimum Gasteiger partial charge on any atom is -0.355 e. The van der Waals surface area contributed by atoms with Gasteiger partial charge in [-0.2, -0.15) is 0 Å². The summed E-state index contributed by atoms with van der Waals surface area (Å²) in [6.45, 7) is 9.38. The molecule has 0 saturated carbocycles. The number of nitrogens with zero attached hydrogens (tertiary/aromatic N) is 5. The van der Waals surface area contributed by atoms with Gasteiger partial charge in [0.2, 0.25) is 0 Å². The Hall–Kier alpha value is -2.63. The van der Waals surface area contributed by atoms with E-state index in [1.54, 1.807) is 6.20 Å². The molecule has 0 aromatic carbocycles. The third-order valence-corrected chi connectivity index (χ3v) is 4.44. The highest BCUT2D eigenvalue weighted by Crippen LogP contribution is 2.27. The lowest BCUT2D eigenvalue weighted by molar-refractivity contribution is 0.405. The van der Waals surface area contributed by atoms with Crippen LogP contribution in [-0.2, 0) is 6.54 Å². The van der Waals surface area contributed by atoms with Gasteiger partial charge in [0.25, 0.3) is 0 Å². The minimum absolute atomic E-state index is 0.376. The fraction of sp³-hybridized carbons (Fsp3) is 0.450. The van der Waals surface area contributed by atoms with Gasteiger partial charge in [-0.15, -0.1) is 0 Å². The summed E-state index contributed by atoms with van der Waals surface area (Å²) in [4.78, 5) is 15.8. The Balaban J connectivity index is 1.87. The molecule has 1 aliphatic heterocycles. The molecule has 0 atom stereocenters. The molecule has 0 amide bonds. The van der Waals surface area contributed by atoms with Gasteiger partial charge in [0.1, 0.15) is 17.5 Å². The molecule has 0 unspecified atom stereocenters. The number of imidazole rings is 1. The van der Waals surface area contributed by atoms with E-state index >= 15 is 0 Å². The Morgan fingerprint density at radius 3 is 2.85 bits per heavy atom. The Morgan fingerprint density at radius 2 is 2.12 bits per heavy atom. The Kier molecular flexibility index (Phi) is 5.40. The molecular formula is C20H28N6. The SMILES string of the molecule is CCC/C=C/c1nccc(NC2=Cc3c(nc(C)n3C(C)C)CN2C)n1. The topological polar surface area (TPSA) is 58.9 Å². The Labute approximate surface area is 155 Å². The first-order valence-corrected chi connectivity index (χ1v) is 9.26. The average molecular weight is 352 g/mol. The number of rotatable bonds is 6. The first-order valence-electron chi connectivity index (χ1n) is 9.26. The summed E-state index contributed by atoms with van der Waals surface area (Å²) in [6, 6.07) is 2.27. The van der Waals surface area contributed by atoms with Gasteiger partial charge < -0.3 is 14.8 Å². The smallest absolute Gasteiger partial charge is 0.153 e. The molecule has 0 fully saturated rings. The number of anilines is 1. The second-order valence-electron chi connectivity index (χ2n) is 6.96. The van der Waals surface area contributed by atoms with E-state index in [1.807, 2.05) is 12.1 Å². The number of hydrogen-bond donors (Lipinski definition) is 1. The third kappa shape index (κ3) is 3.79. The van der Waals surface area contributed by atoms with Crippen molar-refractivity contribution in [1.29, 1.82) is 0 Å². The first kappa shape index (κ1) is 18.2. The molecule has 0 aliphatic carbocycles. The highest BCUT2D eigenvalue weighted by atomic mass is 15.3. The fourth-order valence-electron chi connectivity index (χ4n) is 3.23. The molecule has 0 spiro atoms. The number of nitrogens with one attached hydrogen (secondary N) is 1. The molecule has 1 aliphatic rings. The van der Waals surface area contributed by atoms with Crippen molar-refractivity contribution in [2.24, 2.45) is 0 Å². The molecule has 0 bridgehead atoms. The lowest BCUT2D eigenvalue weighted by Gasteiger charge is -2.27. The zero-order valence-electron chi connectivity index (χ0n) is 16.3. The van der Waals surface area contributed by atoms with Crippen LogP contribution in [0.4, 0.5) is 5.82 Å². The number of aromatic nitrogens is 4. The van der Waals surface area contributed by atoms with Gasteiger partial charge in [0, 0.05) is 25.4 Å². The van der Waals surface area contributed by atoms with Gasteiger partial charge in [0.15, 0.2) is 5.82 Å². The summed E-state index contributed by atoms with van der Waals surface area (Å²) in [5.41, 5.74) is 2.30. The molecule has 6 nitrogen and oxygen atoms in total. The van der Waals surface area contributed by atoms with Crippen molar-refractivity contribution in [3.63, 3.8) is 0 Å². The Morgan fingerprint density at radius 1 is 1.31 bits per heavy atom. The van der Waals surface area contributed by atoms with Gasteiger partial charge in [-0.25, -0.2) is 15.0 Å². The van der Waals surface area contributed by atoms with Crippen molar-refractivity contribution < 1.29 is 0 Å². The molecule has 3 rings (SSSR count). The van der Waals surface area contributed by atoms with E-state index in [4.69, 9.17) is 4.98 Å². The molecule has 0 saturated heterocycles. The predicted molar refractivity (Wildman–Crippen MR) is 106 cm³/mol. The molecule has 2 aromatic rings. The molecule has 26 heavy (non-hydrogen) atoms. The lowest BCUT2D eigenvalue weighted by atomic mass is 10.2. The maximum atomic E-state index is 4.73. The molecule has 2 aromatic heterocycles. The van der Waals surface area contributed by atoms with Crippen molar-refractivity contribution in [1.82, 2.24) is 24.4 Å². The summed E-state index contributed by atoms with van der Waals surface area (Å²) in [6.07, 6.45) is 10.2. The van der Waals surface area contributed by atoms with Crippen LogP contribution >= 0.6 is 0 Å². The predicted octanol–water partition coefficient (Wildman–Crippen LogP) is 4.23. The standard InChI is InChI=1S/C20H28N6/c1-6-7-8-9-18-21-11-10-19(23-18)24-20-12-17-16(13-25(20)5)22-15(4)26(17)14(2)3/h8-12,14H,6-7,13H2,1-5H3,(H,21,23,24)/b9-8+. The number of aryl methyl sites for hydroxylation is 1. The number of hydrogen-bond acceptors (Lipinski definition) is 5. The lowest BCUT2D eigenvalue weighted by Crippen LogP contribution is -2.27. The fourth-order valence-corrected chi connectivity index (χ4v) is 3.23. The first-order chi connectivity index (χ1) is 12.5. The Bertz CT molecular complexity index is 831. The van der Waals surface area contributed by atoms with Crippen LogP contribution in [-0.4, -0.2) is 31.5 Å². The van der Waals surface area contributed by atoms with E-state index in [0.29, 0.717) is 6.04 Å². The normalized spacial score (nSPS) is 14.1. The summed E-state index contributed by atoms with van der Waals surface area (Å²) in [5, 5.41) is 3.44. The van der Waals surface area contributed by atoms with E-state index < -0.39 is 0 Å². The van der Waals surface area contributed by atoms with E-state index in [-0.39, 0.29) is 0 Å². The summed E-state index contributed by atoms with van der Waals surface area (Å²) in [5.74, 6) is 3.60. The minimum atomic E-state index is 0.376. The van der Waals surface area contributed by atoms with Crippen LogP contribution in [0.15, 0.2) is 24.2 Å². The van der Waals surface area contributed by atoms with Crippen LogP contribution in [0.2, 0.25) is 0 Å².